The Bertz CT molecular complexity index is 1050. The Labute approximate surface area is 201 Å². The van der Waals surface area contributed by atoms with E-state index in [9.17, 15) is 14.7 Å². The Morgan fingerprint density at radius 3 is 2.35 bits per heavy atom. The smallest absolute Gasteiger partial charge is 0.309 e. The predicted octanol–water partition coefficient (Wildman–Crippen LogP) is 5.40. The van der Waals surface area contributed by atoms with Crippen LogP contribution < -0.4 is 4.74 Å². The number of carboxylic acid groups (broad SMARTS) is 1. The molecule has 0 fully saturated rings. The summed E-state index contributed by atoms with van der Waals surface area (Å²) in [5, 5.41) is 15.5. The standard InChI is InChI=1S/C28H34N2O4/c1-5-6-23-13-14-24(29-30(26(23)31)18-22-9-7-20(2)8-10-22)19-34-25-15-11-21(12-16-25)17-28(3,4)27(32)33/h7-16,23H,5-6,17-19H2,1-4H3,(H,32,33). The molecule has 3 rings (SSSR count). The SMILES string of the molecule is CCCC1C=CC(COc2ccc(CC(C)(C)C(=O)O)cc2)=NN(Cc2ccc(C)cc2)C1=O. The zero-order valence-electron chi connectivity index (χ0n) is 20.5. The van der Waals surface area contributed by atoms with Crippen molar-refractivity contribution in [1.29, 1.82) is 0 Å². The van der Waals surface area contributed by atoms with Crippen molar-refractivity contribution >= 4 is 17.6 Å². The van der Waals surface area contributed by atoms with Crippen molar-refractivity contribution in [2.75, 3.05) is 6.61 Å². The zero-order chi connectivity index (χ0) is 24.7. The van der Waals surface area contributed by atoms with Crippen LogP contribution in [0.25, 0.3) is 0 Å². The molecule has 0 radical (unpaired) electrons. The third kappa shape index (κ3) is 6.80. The van der Waals surface area contributed by atoms with Crippen molar-refractivity contribution in [3.63, 3.8) is 0 Å². The van der Waals surface area contributed by atoms with Gasteiger partial charge in [-0.3, -0.25) is 9.59 Å². The highest BCUT2D eigenvalue weighted by atomic mass is 16.5. The second-order valence-electron chi connectivity index (χ2n) is 9.53. The third-order valence-electron chi connectivity index (χ3n) is 5.93. The van der Waals surface area contributed by atoms with Crippen LogP contribution in [0, 0.1) is 18.3 Å². The molecule has 1 amide bonds. The topological polar surface area (TPSA) is 79.2 Å². The van der Waals surface area contributed by atoms with Crippen LogP contribution in [0.3, 0.4) is 0 Å². The largest absolute Gasteiger partial charge is 0.487 e. The summed E-state index contributed by atoms with van der Waals surface area (Å²) in [4.78, 5) is 24.5. The summed E-state index contributed by atoms with van der Waals surface area (Å²) < 4.78 is 5.94. The van der Waals surface area contributed by atoms with Crippen molar-refractivity contribution in [1.82, 2.24) is 5.01 Å². The summed E-state index contributed by atoms with van der Waals surface area (Å²) >= 11 is 0. The number of aryl methyl sites for hydroxylation is 1. The van der Waals surface area contributed by atoms with Crippen molar-refractivity contribution in [2.24, 2.45) is 16.4 Å². The van der Waals surface area contributed by atoms with Gasteiger partial charge >= 0.3 is 5.97 Å². The number of amides is 1. The molecule has 1 heterocycles. The number of rotatable bonds is 10. The van der Waals surface area contributed by atoms with E-state index in [-0.39, 0.29) is 18.4 Å². The molecule has 180 valence electrons. The molecule has 1 N–H and O–H groups in total. The molecule has 2 aromatic carbocycles. The Morgan fingerprint density at radius 2 is 1.74 bits per heavy atom. The summed E-state index contributed by atoms with van der Waals surface area (Å²) in [5.74, 6) is -0.358. The van der Waals surface area contributed by atoms with Gasteiger partial charge in [0.15, 0.2) is 0 Å². The maximum absolute atomic E-state index is 13.1. The molecule has 6 nitrogen and oxygen atoms in total. The number of aliphatic carboxylic acids is 1. The minimum atomic E-state index is -0.829. The van der Waals surface area contributed by atoms with E-state index in [1.807, 2.05) is 67.6 Å². The number of nitrogens with zero attached hydrogens (tertiary/aromatic N) is 2. The Hall–Kier alpha value is -3.41. The second kappa shape index (κ2) is 11.1. The number of hydrogen-bond donors (Lipinski definition) is 1. The van der Waals surface area contributed by atoms with E-state index >= 15 is 0 Å². The van der Waals surface area contributed by atoms with E-state index in [0.29, 0.717) is 24.4 Å². The number of carboxylic acids is 1. The van der Waals surface area contributed by atoms with Gasteiger partial charge in [0.25, 0.3) is 0 Å². The van der Waals surface area contributed by atoms with Gasteiger partial charge in [-0.15, -0.1) is 0 Å². The first-order valence-corrected chi connectivity index (χ1v) is 11.8. The maximum atomic E-state index is 13.1. The summed E-state index contributed by atoms with van der Waals surface area (Å²) in [6.45, 7) is 8.18. The molecule has 1 atom stereocenters. The van der Waals surface area contributed by atoms with Gasteiger partial charge < -0.3 is 9.84 Å². The molecule has 0 bridgehead atoms. The van der Waals surface area contributed by atoms with E-state index in [1.54, 1.807) is 18.9 Å². The first-order valence-electron chi connectivity index (χ1n) is 11.8. The summed E-state index contributed by atoms with van der Waals surface area (Å²) in [7, 11) is 0. The van der Waals surface area contributed by atoms with Crippen LogP contribution in [0.15, 0.2) is 65.8 Å². The van der Waals surface area contributed by atoms with Crippen LogP contribution in [0.5, 0.6) is 5.75 Å². The van der Waals surface area contributed by atoms with Crippen molar-refractivity contribution < 1.29 is 19.4 Å². The number of carbonyl (C=O) groups excluding carboxylic acids is 1. The minimum Gasteiger partial charge on any atom is -0.487 e. The van der Waals surface area contributed by atoms with Gasteiger partial charge in [0.2, 0.25) is 5.91 Å². The molecule has 0 saturated carbocycles. The van der Waals surface area contributed by atoms with E-state index in [4.69, 9.17) is 4.74 Å². The highest BCUT2D eigenvalue weighted by Crippen LogP contribution is 2.24. The van der Waals surface area contributed by atoms with Crippen molar-refractivity contribution in [2.45, 2.75) is 53.5 Å². The second-order valence-corrected chi connectivity index (χ2v) is 9.53. The fraction of sp³-hybridized carbons (Fsp3) is 0.393. The lowest BCUT2D eigenvalue weighted by atomic mass is 9.86. The monoisotopic (exact) mass is 462 g/mol. The van der Waals surface area contributed by atoms with Crippen LogP contribution in [0.1, 0.15) is 50.3 Å². The van der Waals surface area contributed by atoms with Crippen LogP contribution in [0.4, 0.5) is 0 Å². The molecule has 6 heteroatoms. The normalized spacial score (nSPS) is 16.2. The number of carbonyl (C=O) groups is 2. The van der Waals surface area contributed by atoms with Gasteiger partial charge in [0, 0.05) is 0 Å². The fourth-order valence-electron chi connectivity index (χ4n) is 3.77. The number of ether oxygens (including phenoxy) is 1. The molecular weight excluding hydrogens is 428 g/mol. The Morgan fingerprint density at radius 1 is 1.09 bits per heavy atom. The Kier molecular flexibility index (Phi) is 8.26. The number of hydrogen-bond acceptors (Lipinski definition) is 4. The first kappa shape index (κ1) is 25.2. The van der Waals surface area contributed by atoms with Gasteiger partial charge in [-0.1, -0.05) is 61.4 Å². The lowest BCUT2D eigenvalue weighted by Crippen LogP contribution is -2.31. The highest BCUT2D eigenvalue weighted by molar-refractivity contribution is 5.99. The van der Waals surface area contributed by atoms with Crippen molar-refractivity contribution in [3.8, 4) is 5.75 Å². The molecule has 2 aromatic rings. The average Bonchev–Trinajstić information content (AvgIpc) is 2.94. The molecule has 1 aliphatic heterocycles. The van der Waals surface area contributed by atoms with Crippen LogP contribution in [-0.2, 0) is 22.6 Å². The molecule has 0 spiro atoms. The predicted molar refractivity (Wildman–Crippen MR) is 134 cm³/mol. The van der Waals surface area contributed by atoms with Gasteiger partial charge in [-0.25, -0.2) is 5.01 Å². The molecule has 0 aliphatic carbocycles. The third-order valence-corrected chi connectivity index (χ3v) is 5.93. The summed E-state index contributed by atoms with van der Waals surface area (Å²) in [6, 6.07) is 15.6. The van der Waals surface area contributed by atoms with Crippen LogP contribution in [-0.4, -0.2) is 34.3 Å². The number of hydrazone groups is 1. The summed E-state index contributed by atoms with van der Waals surface area (Å²) in [6.07, 6.45) is 5.94. The van der Waals surface area contributed by atoms with Crippen molar-refractivity contribution in [3.05, 3.63) is 77.4 Å². The molecule has 1 aliphatic rings. The van der Waals surface area contributed by atoms with E-state index in [0.717, 1.165) is 24.0 Å². The van der Waals surface area contributed by atoms with Gasteiger partial charge in [-0.2, -0.15) is 5.10 Å². The van der Waals surface area contributed by atoms with Crippen LogP contribution in [0.2, 0.25) is 0 Å². The van der Waals surface area contributed by atoms with E-state index < -0.39 is 11.4 Å². The molecule has 1 unspecified atom stereocenters. The molecular formula is C28H34N2O4. The Balaban J connectivity index is 1.71. The quantitative estimate of drug-likeness (QED) is 0.513. The first-order chi connectivity index (χ1) is 16.2. The lowest BCUT2D eigenvalue weighted by molar-refractivity contribution is -0.146. The van der Waals surface area contributed by atoms with Gasteiger partial charge in [0.1, 0.15) is 12.4 Å². The van der Waals surface area contributed by atoms with Crippen LogP contribution >= 0.6 is 0 Å². The molecule has 0 saturated heterocycles. The molecule has 34 heavy (non-hydrogen) atoms. The molecule has 0 aromatic heterocycles. The summed E-state index contributed by atoms with van der Waals surface area (Å²) in [5.41, 5.74) is 2.98. The average molecular weight is 463 g/mol. The fourth-order valence-corrected chi connectivity index (χ4v) is 3.77. The maximum Gasteiger partial charge on any atom is 0.309 e. The zero-order valence-corrected chi connectivity index (χ0v) is 20.5. The van der Waals surface area contributed by atoms with Gasteiger partial charge in [0.05, 0.1) is 23.6 Å². The van der Waals surface area contributed by atoms with Gasteiger partial charge in [-0.05, 0) is 62.9 Å². The van der Waals surface area contributed by atoms with E-state index in [2.05, 4.69) is 12.0 Å². The highest BCUT2D eigenvalue weighted by Gasteiger charge is 2.27. The lowest BCUT2D eigenvalue weighted by Gasteiger charge is -2.21. The minimum absolute atomic E-state index is 0.000858. The number of benzene rings is 2. The van der Waals surface area contributed by atoms with E-state index in [1.165, 1.54) is 5.56 Å².